The maximum Gasteiger partial charge on any atom is 0.307 e. The minimum atomic E-state index is -0.319. The minimum absolute atomic E-state index is 0.165. The van der Waals surface area contributed by atoms with Crippen LogP contribution in [0.5, 0.6) is 0 Å². The number of carbonyl (C=O) groups is 2. The van der Waals surface area contributed by atoms with E-state index in [1.165, 1.54) is 0 Å². The van der Waals surface area contributed by atoms with Crippen molar-refractivity contribution in [1.29, 1.82) is 0 Å². The smallest absolute Gasteiger partial charge is 0.307 e. The van der Waals surface area contributed by atoms with E-state index < -0.39 is 0 Å². The van der Waals surface area contributed by atoms with Crippen molar-refractivity contribution in [2.24, 2.45) is 0 Å². The molecule has 0 bridgehead atoms. The molecule has 0 unspecified atom stereocenters. The summed E-state index contributed by atoms with van der Waals surface area (Å²) in [6, 6.07) is 0. The summed E-state index contributed by atoms with van der Waals surface area (Å²) in [7, 11) is 0. The van der Waals surface area contributed by atoms with E-state index >= 15 is 0 Å². The van der Waals surface area contributed by atoms with Gasteiger partial charge in [0, 0.05) is 18.8 Å². The van der Waals surface area contributed by atoms with Crippen LogP contribution in [0.1, 0.15) is 42.1 Å². The van der Waals surface area contributed by atoms with Gasteiger partial charge in [0.2, 0.25) is 0 Å². The number of H-pyrrole nitrogens is 1. The second-order valence-electron chi connectivity index (χ2n) is 4.32. The second-order valence-corrected chi connectivity index (χ2v) is 5.30. The fourth-order valence-electron chi connectivity index (χ4n) is 1.80. The van der Waals surface area contributed by atoms with Crippen molar-refractivity contribution in [3.63, 3.8) is 0 Å². The number of aromatic amines is 1. The Morgan fingerprint density at radius 3 is 2.50 bits per heavy atom. The van der Waals surface area contributed by atoms with Crippen LogP contribution in [0.25, 0.3) is 0 Å². The van der Waals surface area contributed by atoms with Crippen LogP contribution in [0, 0.1) is 6.92 Å². The van der Waals surface area contributed by atoms with Gasteiger partial charge in [0.25, 0.3) is 5.91 Å². The van der Waals surface area contributed by atoms with Crippen LogP contribution in [0.15, 0.2) is 4.79 Å². The number of ether oxygens (including phenoxy) is 1. The second kappa shape index (κ2) is 7.84. The van der Waals surface area contributed by atoms with E-state index in [4.69, 9.17) is 4.74 Å². The van der Waals surface area contributed by atoms with Crippen molar-refractivity contribution in [2.75, 3.05) is 19.7 Å². The van der Waals surface area contributed by atoms with Crippen molar-refractivity contribution >= 4 is 23.2 Å². The zero-order valence-electron chi connectivity index (χ0n) is 12.0. The number of nitrogens with zero attached hydrogens (tertiary/aromatic N) is 1. The predicted octanol–water partition coefficient (Wildman–Crippen LogP) is 1.55. The third-order valence-corrected chi connectivity index (χ3v) is 3.66. The Labute approximate surface area is 121 Å². The molecule has 20 heavy (non-hydrogen) atoms. The van der Waals surface area contributed by atoms with Crippen LogP contribution in [0.3, 0.4) is 0 Å². The van der Waals surface area contributed by atoms with Gasteiger partial charge < -0.3 is 14.6 Å². The number of hydrogen-bond acceptors (Lipinski definition) is 5. The van der Waals surface area contributed by atoms with Gasteiger partial charge in [-0.05, 0) is 20.3 Å². The largest absolute Gasteiger partial charge is 0.466 e. The van der Waals surface area contributed by atoms with Gasteiger partial charge >= 0.3 is 10.8 Å². The number of rotatable bonds is 7. The van der Waals surface area contributed by atoms with Crippen LogP contribution >= 0.6 is 11.3 Å². The van der Waals surface area contributed by atoms with E-state index in [1.807, 2.05) is 6.92 Å². The standard InChI is InChI=1S/C13H20N2O4S/c1-4-7-15(8-6-10(16)19-5-2)12(17)11-9(3)14-13(18)20-11/h4-8H2,1-3H3,(H,14,18). The van der Waals surface area contributed by atoms with Gasteiger partial charge in [-0.2, -0.15) is 0 Å². The summed E-state index contributed by atoms with van der Waals surface area (Å²) in [5.74, 6) is -0.530. The number of thiazole rings is 1. The molecule has 1 aromatic heterocycles. The van der Waals surface area contributed by atoms with Gasteiger partial charge in [-0.1, -0.05) is 18.3 Å². The first kappa shape index (κ1) is 16.4. The lowest BCUT2D eigenvalue weighted by Crippen LogP contribution is -2.34. The third-order valence-electron chi connectivity index (χ3n) is 2.69. The number of aromatic nitrogens is 1. The first-order chi connectivity index (χ1) is 9.49. The average Bonchev–Trinajstić information content (AvgIpc) is 2.73. The van der Waals surface area contributed by atoms with Gasteiger partial charge in [0.1, 0.15) is 4.88 Å². The lowest BCUT2D eigenvalue weighted by atomic mass is 10.3. The van der Waals surface area contributed by atoms with E-state index in [9.17, 15) is 14.4 Å². The van der Waals surface area contributed by atoms with E-state index in [1.54, 1.807) is 18.7 Å². The summed E-state index contributed by atoms with van der Waals surface area (Å²) in [5, 5.41) is 0. The van der Waals surface area contributed by atoms with Crippen LogP contribution in [-0.2, 0) is 9.53 Å². The number of esters is 1. The van der Waals surface area contributed by atoms with E-state index in [2.05, 4.69) is 4.98 Å². The average molecular weight is 300 g/mol. The Morgan fingerprint density at radius 1 is 1.30 bits per heavy atom. The highest BCUT2D eigenvalue weighted by Gasteiger charge is 2.20. The molecule has 112 valence electrons. The molecule has 1 aromatic rings. The normalized spacial score (nSPS) is 10.3. The highest BCUT2D eigenvalue weighted by atomic mass is 32.1. The summed E-state index contributed by atoms with van der Waals surface area (Å²) in [4.78, 5) is 39.3. The zero-order chi connectivity index (χ0) is 15.1. The Kier molecular flexibility index (Phi) is 6.44. The lowest BCUT2D eigenvalue weighted by molar-refractivity contribution is -0.143. The fraction of sp³-hybridized carbons (Fsp3) is 0.615. The number of aryl methyl sites for hydroxylation is 1. The molecule has 0 aromatic carbocycles. The molecular weight excluding hydrogens is 280 g/mol. The Hall–Kier alpha value is -1.63. The van der Waals surface area contributed by atoms with Gasteiger partial charge in [0.15, 0.2) is 0 Å². The molecule has 1 amide bonds. The van der Waals surface area contributed by atoms with Gasteiger partial charge in [0.05, 0.1) is 13.0 Å². The highest BCUT2D eigenvalue weighted by Crippen LogP contribution is 2.12. The van der Waals surface area contributed by atoms with Crippen LogP contribution in [0.2, 0.25) is 0 Å². The van der Waals surface area contributed by atoms with Crippen molar-refractivity contribution < 1.29 is 14.3 Å². The van der Waals surface area contributed by atoms with Crippen LogP contribution in [0.4, 0.5) is 0 Å². The Bertz CT molecular complexity index is 521. The molecule has 0 aliphatic heterocycles. The zero-order valence-corrected chi connectivity index (χ0v) is 12.8. The molecule has 0 aliphatic rings. The molecule has 1 rings (SSSR count). The summed E-state index contributed by atoms with van der Waals surface area (Å²) in [5.41, 5.74) is 0.572. The van der Waals surface area contributed by atoms with E-state index in [-0.39, 0.29) is 23.2 Å². The monoisotopic (exact) mass is 300 g/mol. The van der Waals surface area contributed by atoms with Crippen molar-refractivity contribution in [3.8, 4) is 0 Å². The molecule has 0 atom stereocenters. The lowest BCUT2D eigenvalue weighted by Gasteiger charge is -2.21. The summed E-state index contributed by atoms with van der Waals surface area (Å²) >= 11 is 0.903. The van der Waals surface area contributed by atoms with Crippen molar-refractivity contribution in [2.45, 2.75) is 33.6 Å². The molecule has 0 spiro atoms. The number of amides is 1. The maximum absolute atomic E-state index is 12.4. The minimum Gasteiger partial charge on any atom is -0.466 e. The third kappa shape index (κ3) is 4.48. The summed E-state index contributed by atoms with van der Waals surface area (Å²) < 4.78 is 4.85. The van der Waals surface area contributed by atoms with Gasteiger partial charge in [-0.15, -0.1) is 0 Å². The molecule has 7 heteroatoms. The molecule has 0 fully saturated rings. The number of carbonyl (C=O) groups excluding carboxylic acids is 2. The predicted molar refractivity (Wildman–Crippen MR) is 77.1 cm³/mol. The molecule has 0 saturated heterocycles. The molecule has 1 heterocycles. The molecule has 0 aliphatic carbocycles. The number of nitrogens with one attached hydrogen (secondary N) is 1. The first-order valence-electron chi connectivity index (χ1n) is 6.64. The molecular formula is C13H20N2O4S. The van der Waals surface area contributed by atoms with Gasteiger partial charge in [-0.25, -0.2) is 0 Å². The van der Waals surface area contributed by atoms with Gasteiger partial charge in [-0.3, -0.25) is 14.4 Å². The van der Waals surface area contributed by atoms with Crippen molar-refractivity contribution in [1.82, 2.24) is 9.88 Å². The van der Waals surface area contributed by atoms with Crippen molar-refractivity contribution in [3.05, 3.63) is 20.2 Å². The SMILES string of the molecule is CCCN(CCC(=O)OCC)C(=O)c1sc(=O)[nH]c1C. The fourth-order valence-corrected chi connectivity index (χ4v) is 2.61. The molecule has 0 saturated carbocycles. The summed E-state index contributed by atoms with van der Waals surface area (Å²) in [6.45, 7) is 6.57. The maximum atomic E-state index is 12.4. The van der Waals surface area contributed by atoms with E-state index in [0.717, 1.165) is 17.8 Å². The van der Waals surface area contributed by atoms with Crippen LogP contribution < -0.4 is 4.87 Å². The summed E-state index contributed by atoms with van der Waals surface area (Å²) in [6.07, 6.45) is 0.949. The van der Waals surface area contributed by atoms with E-state index in [0.29, 0.717) is 30.3 Å². The van der Waals surface area contributed by atoms with Crippen LogP contribution in [-0.4, -0.2) is 41.5 Å². The Balaban J connectivity index is 2.74. The highest BCUT2D eigenvalue weighted by molar-refractivity contribution is 7.11. The quantitative estimate of drug-likeness (QED) is 0.775. The molecule has 1 N–H and O–H groups in total. The first-order valence-corrected chi connectivity index (χ1v) is 7.45. The number of hydrogen-bond donors (Lipinski definition) is 1. The molecule has 0 radical (unpaired) electrons. The Morgan fingerprint density at radius 2 is 2.00 bits per heavy atom. The topological polar surface area (TPSA) is 79.5 Å². The molecule has 6 nitrogen and oxygen atoms in total.